The van der Waals surface area contributed by atoms with Crippen LogP contribution in [-0.2, 0) is 11.3 Å². The quantitative estimate of drug-likeness (QED) is 0.511. The maximum atomic E-state index is 5.40. The molecule has 0 spiro atoms. The van der Waals surface area contributed by atoms with Gasteiger partial charge in [0.05, 0.1) is 19.2 Å². The number of pyridine rings is 1. The van der Waals surface area contributed by atoms with Gasteiger partial charge in [-0.2, -0.15) is 10.2 Å². The first-order chi connectivity index (χ1) is 14.7. The summed E-state index contributed by atoms with van der Waals surface area (Å²) in [6, 6.07) is 3.81. The Balaban J connectivity index is 1.79. The lowest BCUT2D eigenvalue weighted by molar-refractivity contribution is 0.181. The maximum absolute atomic E-state index is 5.40. The Labute approximate surface area is 177 Å². The lowest BCUT2D eigenvalue weighted by atomic mass is 9.99. The third kappa shape index (κ3) is 5.78. The van der Waals surface area contributed by atoms with Gasteiger partial charge in [0.25, 0.3) is 0 Å². The minimum absolute atomic E-state index is 0.148. The van der Waals surface area contributed by atoms with E-state index in [4.69, 9.17) is 11.2 Å². The topological polar surface area (TPSA) is 102 Å². The monoisotopic (exact) mass is 408 g/mol. The van der Waals surface area contributed by atoms with E-state index >= 15 is 0 Å². The number of hydrogen-bond donors (Lipinski definition) is 1. The SMILES string of the molecule is C#CCCC1(CCNC(/C(=C/c2cccnc2)CC)c2nnnn2CCOC)N=N1. The van der Waals surface area contributed by atoms with Crippen LogP contribution in [0.4, 0.5) is 0 Å². The summed E-state index contributed by atoms with van der Waals surface area (Å²) in [4.78, 5) is 4.22. The van der Waals surface area contributed by atoms with Crippen LogP contribution in [0.15, 0.2) is 40.3 Å². The Hall–Kier alpha value is -2.96. The van der Waals surface area contributed by atoms with Gasteiger partial charge in [0.15, 0.2) is 11.5 Å². The Morgan fingerprint density at radius 1 is 1.40 bits per heavy atom. The van der Waals surface area contributed by atoms with Gasteiger partial charge in [-0.05, 0) is 34.1 Å². The summed E-state index contributed by atoms with van der Waals surface area (Å²) in [6.07, 6.45) is 14.2. The highest BCUT2D eigenvalue weighted by atomic mass is 16.5. The molecule has 0 aromatic carbocycles. The van der Waals surface area contributed by atoms with Crippen LogP contribution in [0.5, 0.6) is 0 Å². The van der Waals surface area contributed by atoms with Crippen LogP contribution in [0.1, 0.15) is 50.0 Å². The van der Waals surface area contributed by atoms with Crippen LogP contribution in [-0.4, -0.2) is 51.1 Å². The first-order valence-electron chi connectivity index (χ1n) is 10.2. The minimum atomic E-state index is -0.328. The van der Waals surface area contributed by atoms with Gasteiger partial charge < -0.3 is 10.1 Å². The second-order valence-electron chi connectivity index (χ2n) is 7.14. The Morgan fingerprint density at radius 2 is 2.27 bits per heavy atom. The van der Waals surface area contributed by atoms with Gasteiger partial charge in [0.1, 0.15) is 0 Å². The predicted molar refractivity (Wildman–Crippen MR) is 113 cm³/mol. The largest absolute Gasteiger partial charge is 0.383 e. The molecule has 1 N–H and O–H groups in total. The molecule has 3 rings (SSSR count). The Morgan fingerprint density at radius 3 is 2.93 bits per heavy atom. The van der Waals surface area contributed by atoms with Crippen LogP contribution in [0, 0.1) is 12.3 Å². The van der Waals surface area contributed by atoms with E-state index in [1.54, 1.807) is 18.0 Å². The van der Waals surface area contributed by atoms with E-state index in [2.05, 4.69) is 55.0 Å². The van der Waals surface area contributed by atoms with Gasteiger partial charge in [0.2, 0.25) is 0 Å². The van der Waals surface area contributed by atoms with Crippen molar-refractivity contribution >= 4 is 6.08 Å². The smallest absolute Gasteiger partial charge is 0.193 e. The average Bonchev–Trinajstić information content (AvgIpc) is 3.40. The number of rotatable bonds is 13. The molecule has 1 aliphatic heterocycles. The molecule has 0 bridgehead atoms. The highest BCUT2D eigenvalue weighted by molar-refractivity contribution is 5.53. The third-order valence-corrected chi connectivity index (χ3v) is 5.07. The van der Waals surface area contributed by atoms with E-state index in [1.807, 2.05) is 18.3 Å². The minimum Gasteiger partial charge on any atom is -0.383 e. The fourth-order valence-electron chi connectivity index (χ4n) is 3.29. The molecule has 2 aromatic rings. The predicted octanol–water partition coefficient (Wildman–Crippen LogP) is 2.80. The number of terminal acetylenes is 1. The number of aromatic nitrogens is 5. The molecule has 0 amide bonds. The molecule has 9 heteroatoms. The molecule has 9 nitrogen and oxygen atoms in total. The van der Waals surface area contributed by atoms with Crippen molar-refractivity contribution < 1.29 is 4.74 Å². The number of hydrogen-bond acceptors (Lipinski definition) is 8. The molecular formula is C21H28N8O. The zero-order chi connectivity index (χ0) is 21.2. The molecule has 0 saturated carbocycles. The summed E-state index contributed by atoms with van der Waals surface area (Å²) >= 11 is 0. The zero-order valence-corrected chi connectivity index (χ0v) is 17.5. The van der Waals surface area contributed by atoms with Crippen molar-refractivity contribution in [2.45, 2.75) is 50.9 Å². The first-order valence-corrected chi connectivity index (χ1v) is 10.2. The van der Waals surface area contributed by atoms with Crippen molar-refractivity contribution in [3.63, 3.8) is 0 Å². The normalized spacial score (nSPS) is 15.7. The van der Waals surface area contributed by atoms with E-state index in [9.17, 15) is 0 Å². The van der Waals surface area contributed by atoms with Crippen LogP contribution in [0.25, 0.3) is 6.08 Å². The summed E-state index contributed by atoms with van der Waals surface area (Å²) in [5.41, 5.74) is 1.87. The van der Waals surface area contributed by atoms with Crippen LogP contribution >= 0.6 is 0 Å². The maximum Gasteiger partial charge on any atom is 0.193 e. The van der Waals surface area contributed by atoms with Gasteiger partial charge >= 0.3 is 0 Å². The molecule has 0 radical (unpaired) electrons. The lowest BCUT2D eigenvalue weighted by Crippen LogP contribution is -2.30. The van der Waals surface area contributed by atoms with Crippen molar-refractivity contribution in [1.29, 1.82) is 0 Å². The van der Waals surface area contributed by atoms with Crippen LogP contribution in [0.3, 0.4) is 0 Å². The van der Waals surface area contributed by atoms with Crippen molar-refractivity contribution in [3.8, 4) is 12.3 Å². The van der Waals surface area contributed by atoms with Gasteiger partial charge in [-0.15, -0.1) is 17.4 Å². The molecule has 0 aliphatic carbocycles. The first kappa shape index (κ1) is 21.7. The molecule has 3 heterocycles. The van der Waals surface area contributed by atoms with Crippen LogP contribution in [0.2, 0.25) is 0 Å². The number of tetrazole rings is 1. The van der Waals surface area contributed by atoms with Crippen LogP contribution < -0.4 is 5.32 Å². The number of ether oxygens (including phenoxy) is 1. The highest BCUT2D eigenvalue weighted by Gasteiger charge is 2.38. The van der Waals surface area contributed by atoms with Gasteiger partial charge in [-0.3, -0.25) is 4.98 Å². The fraction of sp³-hybridized carbons (Fsp3) is 0.524. The van der Waals surface area contributed by atoms with Crippen molar-refractivity contribution in [1.82, 2.24) is 30.5 Å². The molecule has 30 heavy (non-hydrogen) atoms. The van der Waals surface area contributed by atoms with E-state index in [1.165, 1.54) is 5.57 Å². The third-order valence-electron chi connectivity index (χ3n) is 5.07. The molecular weight excluding hydrogens is 380 g/mol. The Bertz CT molecular complexity index is 893. The number of methoxy groups -OCH3 is 1. The van der Waals surface area contributed by atoms with Crippen molar-refractivity contribution in [3.05, 3.63) is 41.5 Å². The van der Waals surface area contributed by atoms with E-state index in [0.29, 0.717) is 26.1 Å². The highest BCUT2D eigenvalue weighted by Crippen LogP contribution is 2.36. The standard InChI is InChI=1S/C21H28N8O/c1-4-6-9-21(25-26-21)10-12-23-19(20-24-27-28-29(20)13-14-30-3)18(5-2)15-17-8-7-11-22-16-17/h1,7-8,11,15-16,19,23H,5-6,9-10,12-14H2,2-3H3/b18-15+. The summed E-state index contributed by atoms with van der Waals surface area (Å²) in [7, 11) is 1.66. The molecule has 1 aliphatic rings. The Kier molecular flexibility index (Phi) is 7.76. The summed E-state index contributed by atoms with van der Waals surface area (Å²) in [6.45, 7) is 3.95. The lowest BCUT2D eigenvalue weighted by Gasteiger charge is -2.22. The van der Waals surface area contributed by atoms with Gasteiger partial charge in [0, 0.05) is 45.3 Å². The number of nitrogens with one attached hydrogen (secondary N) is 1. The van der Waals surface area contributed by atoms with Gasteiger partial charge in [-0.1, -0.05) is 19.1 Å². The summed E-state index contributed by atoms with van der Waals surface area (Å²) in [5, 5.41) is 24.4. The summed E-state index contributed by atoms with van der Waals surface area (Å²) in [5.74, 6) is 3.43. The van der Waals surface area contributed by atoms with E-state index in [-0.39, 0.29) is 11.7 Å². The molecule has 0 saturated heterocycles. The molecule has 1 atom stereocenters. The van der Waals surface area contributed by atoms with E-state index < -0.39 is 0 Å². The molecule has 158 valence electrons. The molecule has 0 fully saturated rings. The number of nitrogens with zero attached hydrogens (tertiary/aromatic N) is 7. The van der Waals surface area contributed by atoms with E-state index in [0.717, 1.165) is 30.7 Å². The van der Waals surface area contributed by atoms with Crippen molar-refractivity contribution in [2.24, 2.45) is 10.2 Å². The fourth-order valence-corrected chi connectivity index (χ4v) is 3.29. The van der Waals surface area contributed by atoms with Gasteiger partial charge in [-0.25, -0.2) is 4.68 Å². The summed E-state index contributed by atoms with van der Waals surface area (Å²) < 4.78 is 6.99. The molecule has 2 aromatic heterocycles. The average molecular weight is 409 g/mol. The zero-order valence-electron chi connectivity index (χ0n) is 17.5. The molecule has 1 unspecified atom stereocenters. The van der Waals surface area contributed by atoms with Crippen molar-refractivity contribution in [2.75, 3.05) is 20.3 Å². The second-order valence-corrected chi connectivity index (χ2v) is 7.14. The second kappa shape index (κ2) is 10.7.